The Kier molecular flexibility index (Phi) is 7.16. The van der Waals surface area contributed by atoms with E-state index in [-0.39, 0.29) is 6.10 Å². The molecular weight excluding hydrogens is 293 g/mol. The highest BCUT2D eigenvalue weighted by Crippen LogP contribution is 2.12. The Morgan fingerprint density at radius 3 is 1.61 bits per heavy atom. The van der Waals surface area contributed by atoms with Crippen LogP contribution in [0.4, 0.5) is 0 Å². The van der Waals surface area contributed by atoms with Gasteiger partial charge in [-0.2, -0.15) is 0 Å². The summed E-state index contributed by atoms with van der Waals surface area (Å²) in [4.78, 5) is 21.7. The molecule has 1 heterocycles. The summed E-state index contributed by atoms with van der Waals surface area (Å²) in [6.07, 6.45) is -0.0984. The Balaban J connectivity index is 2.59. The summed E-state index contributed by atoms with van der Waals surface area (Å²) >= 11 is -7.82. The topological polar surface area (TPSA) is 89.5 Å². The van der Waals surface area contributed by atoms with Crippen LogP contribution >= 0.6 is 0 Å². The maximum absolute atomic E-state index is 10.9. The van der Waals surface area contributed by atoms with E-state index in [1.54, 1.807) is 0 Å². The molecule has 18 heavy (non-hydrogen) atoms. The van der Waals surface area contributed by atoms with Crippen LogP contribution in [0.3, 0.4) is 0 Å². The Labute approximate surface area is 120 Å². The van der Waals surface area contributed by atoms with Crippen molar-refractivity contribution in [2.45, 2.75) is 33.8 Å². The van der Waals surface area contributed by atoms with Crippen LogP contribution in [0.25, 0.3) is 0 Å². The number of rotatable bonds is 4. The molecule has 0 bridgehead atoms. The first-order valence-corrected chi connectivity index (χ1v) is 9.57. The summed E-state index contributed by atoms with van der Waals surface area (Å²) in [5, 5.41) is 0. The summed E-state index contributed by atoms with van der Waals surface area (Å²) in [5.74, 6) is -1.03. The summed E-state index contributed by atoms with van der Waals surface area (Å²) in [6.45, 7) is 6.13. The largest absolute Gasteiger partial charge is 0.948 e. The van der Waals surface area contributed by atoms with E-state index in [9.17, 15) is 9.59 Å². The zero-order valence-corrected chi connectivity index (χ0v) is 14.0. The van der Waals surface area contributed by atoms with Crippen molar-refractivity contribution in [1.29, 1.82) is 0 Å². The van der Waals surface area contributed by atoms with E-state index in [0.29, 0.717) is 0 Å². The third-order valence-corrected chi connectivity index (χ3v) is 8.72. The highest BCUT2D eigenvalue weighted by atomic mass is 27.4. The number of carbonyl (C=O) groups excluding carboxylic acids is 2. The predicted octanol–water partition coefficient (Wildman–Crippen LogP) is -0.444. The monoisotopic (exact) mass is 306 g/mol. The predicted molar refractivity (Wildman–Crippen MR) is 60.3 cm³/mol. The molecule has 98 valence electrons. The Bertz CT molecular complexity index is 287. The fourth-order valence-corrected chi connectivity index (χ4v) is 8.10. The van der Waals surface area contributed by atoms with E-state index in [1.807, 2.05) is 13.8 Å². The molecule has 1 saturated heterocycles. The normalized spacial score (nSPS) is 15.9. The summed E-state index contributed by atoms with van der Waals surface area (Å²) in [6, 6.07) is 0. The first-order chi connectivity index (χ1) is 8.36. The van der Waals surface area contributed by atoms with Crippen LogP contribution in [-0.2, 0) is 29.5 Å². The van der Waals surface area contributed by atoms with Crippen LogP contribution < -0.4 is 0 Å². The minimum absolute atomic E-state index is 0.0984. The second kappa shape index (κ2) is 7.84. The molecule has 0 aromatic heterocycles. The standard InChI is InChI=1S/C3H7O.2C2H4O2.3Al.3O/c1-3(2)4;2*1-2(3)4;;;;;;/h3H,1-2H3;2*1H3,(H,3,4);;;;;;/q-1;;;3*+1;;;/p-2. The van der Waals surface area contributed by atoms with E-state index in [4.69, 9.17) is 19.9 Å². The van der Waals surface area contributed by atoms with Crippen molar-refractivity contribution < 1.29 is 29.5 Å². The van der Waals surface area contributed by atoms with Crippen molar-refractivity contribution in [3.05, 3.63) is 0 Å². The van der Waals surface area contributed by atoms with E-state index >= 15 is 0 Å². The maximum atomic E-state index is 10.9. The quantitative estimate of drug-likeness (QED) is 0.646. The molecular formula is C7H13Al3O8. The SMILES string of the molecule is CC(=O)[O][Al]1[O][Al]([O]C(C)=O)[O][Al]([O]C(C)C)[O]1. The van der Waals surface area contributed by atoms with Gasteiger partial charge in [0.1, 0.15) is 0 Å². The molecule has 8 nitrogen and oxygen atoms in total. The van der Waals surface area contributed by atoms with Gasteiger partial charge in [0.15, 0.2) is 0 Å². The summed E-state index contributed by atoms with van der Waals surface area (Å²) < 4.78 is 31.1. The molecule has 1 aliphatic rings. The van der Waals surface area contributed by atoms with Gasteiger partial charge in [0, 0.05) is 20.0 Å². The van der Waals surface area contributed by atoms with E-state index in [0.717, 1.165) is 0 Å². The smallest absolute Gasteiger partial charge is 0.575 e. The van der Waals surface area contributed by atoms with Gasteiger partial charge in [0.05, 0.1) is 0 Å². The molecule has 1 fully saturated rings. The van der Waals surface area contributed by atoms with Crippen molar-refractivity contribution in [1.82, 2.24) is 0 Å². The molecule has 0 amide bonds. The van der Waals surface area contributed by atoms with E-state index < -0.39 is 57.4 Å². The van der Waals surface area contributed by atoms with Crippen molar-refractivity contribution >= 4 is 57.4 Å². The highest BCUT2D eigenvalue weighted by molar-refractivity contribution is 6.68. The van der Waals surface area contributed by atoms with Gasteiger partial charge in [-0.25, -0.2) is 0 Å². The van der Waals surface area contributed by atoms with Gasteiger partial charge < -0.3 is 19.9 Å². The lowest BCUT2D eigenvalue weighted by Crippen LogP contribution is -2.54. The van der Waals surface area contributed by atoms with Gasteiger partial charge in [-0.3, -0.25) is 9.59 Å². The van der Waals surface area contributed by atoms with Crippen LogP contribution in [0, 0.1) is 0 Å². The third-order valence-electron chi connectivity index (χ3n) is 1.57. The minimum Gasteiger partial charge on any atom is -0.575 e. The molecule has 0 aliphatic carbocycles. The molecule has 0 N–H and O–H groups in total. The molecule has 0 radical (unpaired) electrons. The van der Waals surface area contributed by atoms with E-state index in [1.165, 1.54) is 13.8 Å². The zero-order chi connectivity index (χ0) is 13.7. The van der Waals surface area contributed by atoms with Gasteiger partial charge in [0.2, 0.25) is 0 Å². The fourth-order valence-electron chi connectivity index (χ4n) is 1.04. The third kappa shape index (κ3) is 6.52. The molecule has 1 rings (SSSR count). The van der Waals surface area contributed by atoms with Gasteiger partial charge in [-0.05, 0) is 13.8 Å². The van der Waals surface area contributed by atoms with Crippen molar-refractivity contribution in [3.63, 3.8) is 0 Å². The van der Waals surface area contributed by atoms with Gasteiger partial charge in [-0.15, -0.1) is 0 Å². The average Bonchev–Trinajstić information content (AvgIpc) is 2.12. The minimum atomic E-state index is -2.67. The molecule has 0 atom stereocenters. The van der Waals surface area contributed by atoms with Gasteiger partial charge >= 0.3 is 45.4 Å². The van der Waals surface area contributed by atoms with Crippen molar-refractivity contribution in [2.24, 2.45) is 0 Å². The molecule has 0 aromatic rings. The van der Waals surface area contributed by atoms with Crippen LogP contribution in [0.1, 0.15) is 27.7 Å². The highest BCUT2D eigenvalue weighted by Gasteiger charge is 2.60. The molecule has 0 saturated carbocycles. The van der Waals surface area contributed by atoms with Crippen LogP contribution in [0.15, 0.2) is 0 Å². The first kappa shape index (κ1) is 16.4. The fraction of sp³-hybridized carbons (Fsp3) is 0.714. The maximum Gasteiger partial charge on any atom is 0.948 e. The lowest BCUT2D eigenvalue weighted by molar-refractivity contribution is -0.135. The van der Waals surface area contributed by atoms with Crippen LogP contribution in [0.5, 0.6) is 0 Å². The summed E-state index contributed by atoms with van der Waals surface area (Å²) in [5.41, 5.74) is 0. The number of carbonyl (C=O) groups is 2. The van der Waals surface area contributed by atoms with Gasteiger partial charge in [0.25, 0.3) is 11.9 Å². The zero-order valence-electron chi connectivity index (χ0n) is 10.6. The second-order valence-corrected chi connectivity index (χ2v) is 9.42. The molecule has 0 unspecified atom stereocenters. The Morgan fingerprint density at radius 1 is 0.889 bits per heavy atom. The number of hydrogen-bond donors (Lipinski definition) is 0. The molecule has 0 spiro atoms. The Morgan fingerprint density at radius 2 is 1.28 bits per heavy atom. The molecule has 1 aliphatic heterocycles. The van der Waals surface area contributed by atoms with Crippen molar-refractivity contribution in [3.8, 4) is 0 Å². The van der Waals surface area contributed by atoms with Crippen LogP contribution in [-0.4, -0.2) is 63.5 Å². The van der Waals surface area contributed by atoms with Crippen LogP contribution in [0.2, 0.25) is 0 Å². The van der Waals surface area contributed by atoms with Crippen molar-refractivity contribution in [2.75, 3.05) is 0 Å². The number of hydrogen-bond acceptors (Lipinski definition) is 8. The lowest BCUT2D eigenvalue weighted by Gasteiger charge is -2.27. The first-order valence-electron chi connectivity index (χ1n) is 5.33. The van der Waals surface area contributed by atoms with E-state index in [2.05, 4.69) is 0 Å². The lowest BCUT2D eigenvalue weighted by atomic mass is 10.5. The Hall–Kier alpha value is 0.377. The van der Waals surface area contributed by atoms with Gasteiger partial charge in [-0.1, -0.05) is 0 Å². The average molecular weight is 306 g/mol. The summed E-state index contributed by atoms with van der Waals surface area (Å²) in [7, 11) is 0. The second-order valence-electron chi connectivity index (χ2n) is 3.68. The molecule has 11 heteroatoms. The molecule has 0 aromatic carbocycles.